The molecule has 2 aromatic rings. The SMILES string of the molecule is Cc1cc(C(=O)N[C@H](CCN(C)C)c2ccc(Cl)cc2)nc(N2CCOCC2)n1. The van der Waals surface area contributed by atoms with Crippen LogP contribution in [0.15, 0.2) is 30.3 Å². The highest BCUT2D eigenvalue weighted by Crippen LogP contribution is 2.21. The number of nitrogens with one attached hydrogen (secondary N) is 1. The summed E-state index contributed by atoms with van der Waals surface area (Å²) >= 11 is 6.03. The molecule has 29 heavy (non-hydrogen) atoms. The minimum absolute atomic E-state index is 0.135. The molecule has 1 amide bonds. The summed E-state index contributed by atoms with van der Waals surface area (Å²) in [4.78, 5) is 26.2. The molecule has 3 rings (SSSR count). The molecule has 1 aromatic heterocycles. The van der Waals surface area contributed by atoms with E-state index >= 15 is 0 Å². The normalized spacial score (nSPS) is 15.4. The van der Waals surface area contributed by atoms with Gasteiger partial charge in [0.05, 0.1) is 19.3 Å². The van der Waals surface area contributed by atoms with Crippen molar-refractivity contribution in [2.24, 2.45) is 0 Å². The van der Waals surface area contributed by atoms with Crippen LogP contribution in [0.5, 0.6) is 0 Å². The third-order valence-corrected chi connectivity index (χ3v) is 5.06. The zero-order valence-electron chi connectivity index (χ0n) is 17.2. The van der Waals surface area contributed by atoms with Crippen LogP contribution in [0.2, 0.25) is 5.02 Å². The Morgan fingerprint density at radius 2 is 1.93 bits per heavy atom. The molecule has 156 valence electrons. The van der Waals surface area contributed by atoms with Gasteiger partial charge in [0.15, 0.2) is 0 Å². The van der Waals surface area contributed by atoms with E-state index in [4.69, 9.17) is 16.3 Å². The van der Waals surface area contributed by atoms with Crippen molar-refractivity contribution in [2.75, 3.05) is 51.8 Å². The summed E-state index contributed by atoms with van der Waals surface area (Å²) in [6.45, 7) is 5.45. The first kappa shape index (κ1) is 21.5. The quantitative estimate of drug-likeness (QED) is 0.746. The van der Waals surface area contributed by atoms with E-state index < -0.39 is 0 Å². The molecule has 1 N–H and O–H groups in total. The van der Waals surface area contributed by atoms with Gasteiger partial charge in [0, 0.05) is 23.8 Å². The second-order valence-corrected chi connectivity index (χ2v) is 7.90. The zero-order valence-corrected chi connectivity index (χ0v) is 17.9. The van der Waals surface area contributed by atoms with E-state index in [1.807, 2.05) is 45.3 Å². The second-order valence-electron chi connectivity index (χ2n) is 7.46. The maximum atomic E-state index is 13.0. The van der Waals surface area contributed by atoms with E-state index in [-0.39, 0.29) is 11.9 Å². The standard InChI is InChI=1S/C21H28ClN5O2/c1-15-14-19(25-21(23-15)27-10-12-29-13-11-27)20(28)24-18(8-9-26(2)3)16-4-6-17(22)7-5-16/h4-7,14,18H,8-13H2,1-3H3,(H,24,28)/t18-/m1/s1. The Morgan fingerprint density at radius 3 is 2.59 bits per heavy atom. The predicted molar refractivity (Wildman–Crippen MR) is 115 cm³/mol. The average Bonchev–Trinajstić information content (AvgIpc) is 2.71. The van der Waals surface area contributed by atoms with Crippen molar-refractivity contribution in [1.82, 2.24) is 20.2 Å². The number of hydrogen-bond acceptors (Lipinski definition) is 6. The van der Waals surface area contributed by atoms with E-state index in [9.17, 15) is 4.79 Å². The molecule has 0 aliphatic carbocycles. The number of halogens is 1. The lowest BCUT2D eigenvalue weighted by atomic mass is 10.0. The maximum Gasteiger partial charge on any atom is 0.270 e. The van der Waals surface area contributed by atoms with E-state index in [1.54, 1.807) is 6.07 Å². The van der Waals surface area contributed by atoms with Gasteiger partial charge in [-0.05, 0) is 57.7 Å². The summed E-state index contributed by atoms with van der Waals surface area (Å²) in [6.07, 6.45) is 0.779. The van der Waals surface area contributed by atoms with Gasteiger partial charge in [-0.1, -0.05) is 23.7 Å². The number of rotatable bonds is 7. The highest BCUT2D eigenvalue weighted by atomic mass is 35.5. The van der Waals surface area contributed by atoms with E-state index in [1.165, 1.54) is 0 Å². The lowest BCUT2D eigenvalue weighted by molar-refractivity contribution is 0.0927. The maximum absolute atomic E-state index is 13.0. The summed E-state index contributed by atoms with van der Waals surface area (Å²) in [6, 6.07) is 9.18. The second kappa shape index (κ2) is 10.0. The molecule has 1 saturated heterocycles. The smallest absolute Gasteiger partial charge is 0.270 e. The molecule has 2 heterocycles. The number of nitrogens with zero attached hydrogens (tertiary/aromatic N) is 4. The van der Waals surface area contributed by atoms with Gasteiger partial charge in [-0.15, -0.1) is 0 Å². The molecule has 0 radical (unpaired) electrons. The third kappa shape index (κ3) is 6.13. The average molecular weight is 418 g/mol. The molecular formula is C21H28ClN5O2. The number of hydrogen-bond donors (Lipinski definition) is 1. The Kier molecular flexibility index (Phi) is 7.41. The van der Waals surface area contributed by atoms with Crippen molar-refractivity contribution < 1.29 is 9.53 Å². The number of ether oxygens (including phenoxy) is 1. The van der Waals surface area contributed by atoms with Gasteiger partial charge < -0.3 is 19.9 Å². The summed E-state index contributed by atoms with van der Waals surface area (Å²) in [5.74, 6) is 0.374. The van der Waals surface area contributed by atoms with Crippen molar-refractivity contribution in [3.05, 3.63) is 52.3 Å². The van der Waals surface area contributed by atoms with E-state index in [0.29, 0.717) is 29.9 Å². The fourth-order valence-corrected chi connectivity index (χ4v) is 3.34. The fourth-order valence-electron chi connectivity index (χ4n) is 3.21. The van der Waals surface area contributed by atoms with Crippen LogP contribution in [0, 0.1) is 6.92 Å². The minimum atomic E-state index is -0.205. The lowest BCUT2D eigenvalue weighted by Gasteiger charge is -2.27. The fraction of sp³-hybridized carbons (Fsp3) is 0.476. The van der Waals surface area contributed by atoms with Crippen molar-refractivity contribution in [1.29, 1.82) is 0 Å². The molecule has 1 aliphatic heterocycles. The number of amides is 1. The van der Waals surface area contributed by atoms with Crippen LogP contribution in [0.4, 0.5) is 5.95 Å². The summed E-state index contributed by atoms with van der Waals surface area (Å²) < 4.78 is 5.40. The Labute approximate surface area is 177 Å². The first-order valence-corrected chi connectivity index (χ1v) is 10.2. The predicted octanol–water partition coefficient (Wildman–Crippen LogP) is 2.70. The van der Waals surface area contributed by atoms with Crippen LogP contribution in [0.1, 0.15) is 34.2 Å². The minimum Gasteiger partial charge on any atom is -0.378 e. The van der Waals surface area contributed by atoms with Gasteiger partial charge in [0.2, 0.25) is 5.95 Å². The van der Waals surface area contributed by atoms with Crippen LogP contribution in [0.3, 0.4) is 0 Å². The number of aromatic nitrogens is 2. The Bertz CT molecular complexity index is 822. The molecule has 0 unspecified atom stereocenters. The summed E-state index contributed by atoms with van der Waals surface area (Å²) in [7, 11) is 4.03. The monoisotopic (exact) mass is 417 g/mol. The Balaban J connectivity index is 1.79. The number of carbonyl (C=O) groups is 1. The first-order chi connectivity index (χ1) is 13.9. The molecule has 0 bridgehead atoms. The topological polar surface area (TPSA) is 70.6 Å². The lowest BCUT2D eigenvalue weighted by Crippen LogP contribution is -2.38. The molecular weight excluding hydrogens is 390 g/mol. The number of anilines is 1. The van der Waals surface area contributed by atoms with Crippen LogP contribution in [0.25, 0.3) is 0 Å². The highest BCUT2D eigenvalue weighted by Gasteiger charge is 2.20. The van der Waals surface area contributed by atoms with Gasteiger partial charge in [0.1, 0.15) is 5.69 Å². The highest BCUT2D eigenvalue weighted by molar-refractivity contribution is 6.30. The van der Waals surface area contributed by atoms with Gasteiger partial charge in [-0.2, -0.15) is 0 Å². The van der Waals surface area contributed by atoms with Gasteiger partial charge in [-0.3, -0.25) is 4.79 Å². The van der Waals surface area contributed by atoms with Gasteiger partial charge >= 0.3 is 0 Å². The molecule has 1 aromatic carbocycles. The first-order valence-electron chi connectivity index (χ1n) is 9.82. The zero-order chi connectivity index (χ0) is 20.8. The molecule has 0 spiro atoms. The van der Waals surface area contributed by atoms with Crippen LogP contribution in [-0.4, -0.2) is 67.7 Å². The Hall–Kier alpha value is -2.22. The van der Waals surface area contributed by atoms with Crippen molar-refractivity contribution >= 4 is 23.5 Å². The van der Waals surface area contributed by atoms with Crippen LogP contribution >= 0.6 is 11.6 Å². The largest absolute Gasteiger partial charge is 0.378 e. The number of carbonyl (C=O) groups excluding carboxylic acids is 1. The van der Waals surface area contributed by atoms with Gasteiger partial charge in [0.25, 0.3) is 5.91 Å². The molecule has 1 aliphatic rings. The van der Waals surface area contributed by atoms with E-state index in [0.717, 1.165) is 37.3 Å². The number of morpholine rings is 1. The van der Waals surface area contributed by atoms with E-state index in [2.05, 4.69) is 25.1 Å². The molecule has 0 saturated carbocycles. The number of aryl methyl sites for hydroxylation is 1. The summed E-state index contributed by atoms with van der Waals surface area (Å²) in [5, 5.41) is 3.81. The molecule has 7 nitrogen and oxygen atoms in total. The molecule has 1 atom stereocenters. The number of benzene rings is 1. The Morgan fingerprint density at radius 1 is 1.24 bits per heavy atom. The van der Waals surface area contributed by atoms with Crippen molar-refractivity contribution in [2.45, 2.75) is 19.4 Å². The van der Waals surface area contributed by atoms with Crippen molar-refractivity contribution in [3.63, 3.8) is 0 Å². The van der Waals surface area contributed by atoms with Crippen molar-refractivity contribution in [3.8, 4) is 0 Å². The third-order valence-electron chi connectivity index (χ3n) is 4.81. The summed E-state index contributed by atoms with van der Waals surface area (Å²) in [5.41, 5.74) is 2.16. The van der Waals surface area contributed by atoms with Gasteiger partial charge in [-0.25, -0.2) is 9.97 Å². The van der Waals surface area contributed by atoms with Crippen LogP contribution in [-0.2, 0) is 4.74 Å². The molecule has 1 fully saturated rings. The van der Waals surface area contributed by atoms with Crippen LogP contribution < -0.4 is 10.2 Å². The molecule has 8 heteroatoms.